The van der Waals surface area contributed by atoms with Gasteiger partial charge in [0.15, 0.2) is 0 Å². The van der Waals surface area contributed by atoms with Gasteiger partial charge in [-0.15, -0.1) is 5.10 Å². The van der Waals surface area contributed by atoms with Gasteiger partial charge in [-0.2, -0.15) is 8.42 Å². The number of hydrogen-bond donors (Lipinski definition) is 0. The third kappa shape index (κ3) is 2.80. The van der Waals surface area contributed by atoms with Gasteiger partial charge in [-0.25, -0.2) is 4.68 Å². The Kier molecular flexibility index (Phi) is 3.87. The number of Topliss-reactive ketones (excluding diaryl/α,β-unsaturated/α-hetero) is 1. The zero-order chi connectivity index (χ0) is 18.5. The molecule has 3 atom stereocenters. The Morgan fingerprint density at radius 1 is 1.31 bits per heavy atom. The van der Waals surface area contributed by atoms with E-state index in [0.29, 0.717) is 5.69 Å². The second-order valence-corrected chi connectivity index (χ2v) is 9.24. The Morgan fingerprint density at radius 2 is 2.12 bits per heavy atom. The van der Waals surface area contributed by atoms with Crippen LogP contribution in [-0.2, 0) is 14.9 Å². The molecule has 2 saturated carbocycles. The predicted molar refractivity (Wildman–Crippen MR) is 92.1 cm³/mol. The standard InChI is InChI=1S/C17H20N4O4S/c1-17(2)14-6-7-15(17)16(22)13(14)9-26(23,24)25-12-5-3-4-11(8-12)21-10-18-19-20-21/h3-5,8,10,13-15H,6-7,9H2,1-2H3/t13-,14-,15+/m1/s1. The molecule has 2 aromatic rings. The maximum Gasteiger partial charge on any atom is 0.309 e. The average molecular weight is 376 g/mol. The van der Waals surface area contributed by atoms with Gasteiger partial charge >= 0.3 is 10.1 Å². The second kappa shape index (κ2) is 5.87. The van der Waals surface area contributed by atoms with Crippen LogP contribution < -0.4 is 4.18 Å². The summed E-state index contributed by atoms with van der Waals surface area (Å²) in [6.45, 7) is 4.13. The monoisotopic (exact) mass is 376 g/mol. The topological polar surface area (TPSA) is 104 Å². The molecule has 26 heavy (non-hydrogen) atoms. The van der Waals surface area contributed by atoms with Crippen LogP contribution >= 0.6 is 0 Å². The van der Waals surface area contributed by atoms with Crippen molar-refractivity contribution in [2.75, 3.05) is 5.75 Å². The highest BCUT2D eigenvalue weighted by molar-refractivity contribution is 7.87. The van der Waals surface area contributed by atoms with Crippen molar-refractivity contribution in [3.05, 3.63) is 30.6 Å². The maximum atomic E-state index is 12.6. The van der Waals surface area contributed by atoms with Crippen LogP contribution in [0.25, 0.3) is 5.69 Å². The van der Waals surface area contributed by atoms with Gasteiger partial charge in [0.1, 0.15) is 17.9 Å². The molecule has 8 nitrogen and oxygen atoms in total. The van der Waals surface area contributed by atoms with Gasteiger partial charge in [0.05, 0.1) is 11.4 Å². The summed E-state index contributed by atoms with van der Waals surface area (Å²) < 4.78 is 31.8. The molecule has 0 radical (unpaired) electrons. The molecule has 4 rings (SSSR count). The summed E-state index contributed by atoms with van der Waals surface area (Å²) in [5, 5.41) is 10.9. The minimum atomic E-state index is -3.89. The SMILES string of the molecule is CC1(C)[C@@H]2CC[C@H]1C(=O)[C@@H]2CS(=O)(=O)Oc1cccc(-n2cnnn2)c1. The summed E-state index contributed by atoms with van der Waals surface area (Å²) >= 11 is 0. The molecule has 0 saturated heterocycles. The van der Waals surface area contributed by atoms with E-state index in [4.69, 9.17) is 4.18 Å². The summed E-state index contributed by atoms with van der Waals surface area (Å²) in [4.78, 5) is 12.6. The zero-order valence-electron chi connectivity index (χ0n) is 14.6. The fourth-order valence-corrected chi connectivity index (χ4v) is 5.89. The molecule has 9 heteroatoms. The molecule has 1 aromatic carbocycles. The smallest absolute Gasteiger partial charge is 0.309 e. The van der Waals surface area contributed by atoms with E-state index < -0.39 is 16.0 Å². The van der Waals surface area contributed by atoms with Crippen LogP contribution in [0, 0.1) is 23.2 Å². The number of carbonyl (C=O) groups excluding carboxylic acids is 1. The molecule has 2 fully saturated rings. The number of carbonyl (C=O) groups is 1. The van der Waals surface area contributed by atoms with E-state index in [9.17, 15) is 13.2 Å². The van der Waals surface area contributed by atoms with Crippen molar-refractivity contribution in [2.45, 2.75) is 26.7 Å². The van der Waals surface area contributed by atoms with Gasteiger partial charge < -0.3 is 4.18 Å². The van der Waals surface area contributed by atoms with Gasteiger partial charge in [0.2, 0.25) is 0 Å². The highest BCUT2D eigenvalue weighted by atomic mass is 32.2. The average Bonchev–Trinajstić information content (AvgIpc) is 3.23. The molecule has 2 aliphatic carbocycles. The van der Waals surface area contributed by atoms with E-state index in [0.717, 1.165) is 12.8 Å². The van der Waals surface area contributed by atoms with E-state index in [1.54, 1.807) is 24.3 Å². The largest absolute Gasteiger partial charge is 0.382 e. The first-order valence-corrected chi connectivity index (χ1v) is 10.1. The molecule has 1 aromatic heterocycles. The number of tetrazole rings is 1. The predicted octanol–water partition coefficient (Wildman–Crippen LogP) is 1.62. The number of hydrogen-bond acceptors (Lipinski definition) is 7. The lowest BCUT2D eigenvalue weighted by Crippen LogP contribution is -2.31. The number of nitrogens with zero attached hydrogens (tertiary/aromatic N) is 4. The molecule has 2 bridgehead atoms. The third-order valence-corrected chi connectivity index (χ3v) is 7.07. The molecule has 0 N–H and O–H groups in total. The maximum absolute atomic E-state index is 12.6. The molecule has 1 heterocycles. The van der Waals surface area contributed by atoms with Gasteiger partial charge in [0, 0.05) is 17.9 Å². The number of ketones is 1. The van der Waals surface area contributed by atoms with Crippen LogP contribution in [0.15, 0.2) is 30.6 Å². The van der Waals surface area contributed by atoms with Crippen molar-refractivity contribution in [3.63, 3.8) is 0 Å². The molecule has 138 valence electrons. The number of benzene rings is 1. The summed E-state index contributed by atoms with van der Waals surface area (Å²) in [7, 11) is -3.89. The van der Waals surface area contributed by atoms with Crippen LogP contribution in [0.2, 0.25) is 0 Å². The summed E-state index contributed by atoms with van der Waals surface area (Å²) in [6.07, 6.45) is 3.17. The van der Waals surface area contributed by atoms with Crippen LogP contribution in [0.3, 0.4) is 0 Å². The molecule has 0 unspecified atom stereocenters. The van der Waals surface area contributed by atoms with Gasteiger partial charge in [-0.3, -0.25) is 4.79 Å². The quantitative estimate of drug-likeness (QED) is 0.730. The minimum Gasteiger partial charge on any atom is -0.382 e. The number of aromatic nitrogens is 4. The molecule has 0 spiro atoms. The van der Waals surface area contributed by atoms with Crippen molar-refractivity contribution in [2.24, 2.45) is 23.2 Å². The summed E-state index contributed by atoms with van der Waals surface area (Å²) in [5.74, 6) is -0.433. The van der Waals surface area contributed by atoms with E-state index >= 15 is 0 Å². The molecular formula is C17H20N4O4S. The van der Waals surface area contributed by atoms with Crippen LogP contribution in [0.1, 0.15) is 26.7 Å². The van der Waals surface area contributed by atoms with Crippen LogP contribution in [-0.4, -0.2) is 40.2 Å². The summed E-state index contributed by atoms with van der Waals surface area (Å²) in [5.41, 5.74) is 0.455. The fourth-order valence-electron chi connectivity index (χ4n) is 4.59. The van der Waals surface area contributed by atoms with Crippen molar-refractivity contribution >= 4 is 15.9 Å². The Labute approximate surface area is 151 Å². The summed E-state index contributed by atoms with van der Waals surface area (Å²) in [6, 6.07) is 6.49. The van der Waals surface area contributed by atoms with E-state index in [1.165, 1.54) is 11.0 Å². The lowest BCUT2D eigenvalue weighted by molar-refractivity contribution is -0.125. The van der Waals surface area contributed by atoms with E-state index in [2.05, 4.69) is 29.4 Å². The molecule has 0 amide bonds. The third-order valence-electron chi connectivity index (χ3n) is 5.85. The normalized spacial score (nSPS) is 27.0. The second-order valence-electron chi connectivity index (χ2n) is 7.63. The minimum absolute atomic E-state index is 0.0316. The van der Waals surface area contributed by atoms with Crippen LogP contribution in [0.5, 0.6) is 5.75 Å². The Bertz CT molecular complexity index is 939. The van der Waals surface area contributed by atoms with Crippen LogP contribution in [0.4, 0.5) is 0 Å². The molecular weight excluding hydrogens is 356 g/mol. The Morgan fingerprint density at radius 3 is 2.77 bits per heavy atom. The molecule has 0 aliphatic heterocycles. The lowest BCUT2D eigenvalue weighted by Gasteiger charge is -2.25. The van der Waals surface area contributed by atoms with Crippen molar-refractivity contribution in [3.8, 4) is 11.4 Å². The highest BCUT2D eigenvalue weighted by Gasteiger charge is 2.59. The van der Waals surface area contributed by atoms with Crippen molar-refractivity contribution in [1.29, 1.82) is 0 Å². The first kappa shape index (κ1) is 17.1. The zero-order valence-corrected chi connectivity index (χ0v) is 15.4. The molecule has 2 aliphatic rings. The lowest BCUT2D eigenvalue weighted by atomic mass is 9.80. The Balaban J connectivity index is 1.52. The fraction of sp³-hybridized carbons (Fsp3) is 0.529. The van der Waals surface area contributed by atoms with Gasteiger partial charge in [-0.1, -0.05) is 19.9 Å². The van der Waals surface area contributed by atoms with Crippen molar-refractivity contribution < 1.29 is 17.4 Å². The van der Waals surface area contributed by atoms with Crippen molar-refractivity contribution in [1.82, 2.24) is 20.2 Å². The number of fused-ring (bicyclic) bond motifs is 2. The first-order valence-electron chi connectivity index (χ1n) is 8.57. The highest BCUT2D eigenvalue weighted by Crippen LogP contribution is 2.58. The van der Waals surface area contributed by atoms with Gasteiger partial charge in [-0.05, 0) is 46.7 Å². The van der Waals surface area contributed by atoms with Gasteiger partial charge in [0.25, 0.3) is 0 Å². The van der Waals surface area contributed by atoms with E-state index in [-0.39, 0.29) is 34.5 Å². The number of rotatable bonds is 5. The first-order chi connectivity index (χ1) is 12.3. The van der Waals surface area contributed by atoms with E-state index in [1.807, 2.05) is 0 Å². The Hall–Kier alpha value is -2.29.